The molecule has 2 rings (SSSR count). The molecule has 0 radical (unpaired) electrons. The average Bonchev–Trinajstić information content (AvgIpc) is 2.66. The average molecular weight is 399 g/mol. The normalized spacial score (nSPS) is 11.1. The van der Waals surface area contributed by atoms with Gasteiger partial charge in [-0.3, -0.25) is 4.79 Å². The number of anilines is 1. The molecule has 0 aromatic heterocycles. The number of esters is 1. The first-order valence-electron chi connectivity index (χ1n) is 7.47. The van der Waals surface area contributed by atoms with Crippen LogP contribution in [0.15, 0.2) is 53.4 Å². The van der Waals surface area contributed by atoms with Crippen molar-refractivity contribution in [2.24, 2.45) is 0 Å². The van der Waals surface area contributed by atoms with Gasteiger partial charge in [-0.1, -0.05) is 6.07 Å². The molecule has 10 heteroatoms. The first-order chi connectivity index (χ1) is 12.7. The Morgan fingerprint density at radius 1 is 1.11 bits per heavy atom. The fourth-order valence-electron chi connectivity index (χ4n) is 1.99. The van der Waals surface area contributed by atoms with E-state index in [0.29, 0.717) is 5.75 Å². The number of hydrogen-bond donors (Lipinski definition) is 1. The van der Waals surface area contributed by atoms with E-state index >= 15 is 0 Å². The van der Waals surface area contributed by atoms with Gasteiger partial charge < -0.3 is 14.8 Å². The third-order valence-electron chi connectivity index (χ3n) is 3.34. The quantitative estimate of drug-likeness (QED) is 0.719. The van der Waals surface area contributed by atoms with E-state index in [1.807, 2.05) is 0 Å². The van der Waals surface area contributed by atoms with Crippen molar-refractivity contribution < 1.29 is 36.3 Å². The summed E-state index contributed by atoms with van der Waals surface area (Å²) in [4.78, 5) is 23.1. The number of carbonyl (C=O) groups excluding carboxylic acids is 2. The van der Waals surface area contributed by atoms with Gasteiger partial charge in [-0.2, -0.15) is 8.78 Å². The van der Waals surface area contributed by atoms with E-state index in [0.717, 1.165) is 24.3 Å². The fraction of sp³-hybridized carbons (Fsp3) is 0.176. The summed E-state index contributed by atoms with van der Waals surface area (Å²) in [5, 5.41) is 2.36. The highest BCUT2D eigenvalue weighted by atomic mass is 32.2. The highest BCUT2D eigenvalue weighted by Crippen LogP contribution is 2.20. The summed E-state index contributed by atoms with van der Waals surface area (Å²) in [6, 6.07) is 10.4. The Labute approximate surface area is 153 Å². The molecule has 7 nitrogen and oxygen atoms in total. The van der Waals surface area contributed by atoms with Crippen LogP contribution in [-0.2, 0) is 19.4 Å². The van der Waals surface area contributed by atoms with Gasteiger partial charge in [0.05, 0.1) is 17.6 Å². The van der Waals surface area contributed by atoms with E-state index in [9.17, 15) is 26.8 Å². The number of hydrogen-bond acceptors (Lipinski definition) is 6. The predicted octanol–water partition coefficient (Wildman–Crippen LogP) is 2.49. The molecule has 0 saturated carbocycles. The second-order valence-electron chi connectivity index (χ2n) is 5.19. The second-order valence-corrected chi connectivity index (χ2v) is 7.10. The van der Waals surface area contributed by atoms with E-state index in [-0.39, 0.29) is 11.3 Å². The number of sulfone groups is 1. The van der Waals surface area contributed by atoms with Crippen LogP contribution in [0.1, 0.15) is 10.4 Å². The zero-order valence-corrected chi connectivity index (χ0v) is 14.8. The minimum absolute atomic E-state index is 0.158. The molecule has 0 aliphatic heterocycles. The number of nitrogens with one attached hydrogen (secondary N) is 1. The van der Waals surface area contributed by atoms with E-state index in [1.165, 1.54) is 19.2 Å². The second kappa shape index (κ2) is 8.58. The third-order valence-corrected chi connectivity index (χ3v) is 4.74. The smallest absolute Gasteiger partial charge is 0.341 e. The lowest BCUT2D eigenvalue weighted by Crippen LogP contribution is -2.21. The first-order valence-corrected chi connectivity index (χ1v) is 9.02. The van der Waals surface area contributed by atoms with Crippen LogP contribution in [0.2, 0.25) is 0 Å². The van der Waals surface area contributed by atoms with Crippen LogP contribution < -0.4 is 10.1 Å². The largest absolute Gasteiger partial charge is 0.497 e. The number of methoxy groups -OCH3 is 1. The first kappa shape index (κ1) is 20.3. The van der Waals surface area contributed by atoms with Crippen LogP contribution in [0.25, 0.3) is 0 Å². The lowest BCUT2D eigenvalue weighted by Gasteiger charge is -2.08. The Bertz CT molecular complexity index is 929. The minimum Gasteiger partial charge on any atom is -0.497 e. The Balaban J connectivity index is 1.93. The summed E-state index contributed by atoms with van der Waals surface area (Å²) >= 11 is 0. The summed E-state index contributed by atoms with van der Waals surface area (Å²) in [6.45, 7) is -0.590. The molecule has 2 aromatic rings. The number of rotatable bonds is 7. The number of alkyl halides is 2. The van der Waals surface area contributed by atoms with Gasteiger partial charge >= 0.3 is 11.7 Å². The van der Waals surface area contributed by atoms with Crippen LogP contribution in [0.3, 0.4) is 0 Å². The molecular weight excluding hydrogens is 384 g/mol. The summed E-state index contributed by atoms with van der Waals surface area (Å²) in [7, 11) is -3.27. The predicted molar refractivity (Wildman–Crippen MR) is 91.5 cm³/mol. The number of amides is 1. The molecule has 0 spiro atoms. The van der Waals surface area contributed by atoms with Gasteiger partial charge in [0.15, 0.2) is 6.61 Å². The molecule has 0 fully saturated rings. The fourth-order valence-corrected chi connectivity index (χ4v) is 2.71. The number of benzene rings is 2. The summed E-state index contributed by atoms with van der Waals surface area (Å²) in [5.74, 6) is -4.50. The van der Waals surface area contributed by atoms with Gasteiger partial charge in [0, 0.05) is 5.69 Å². The molecule has 1 N–H and O–H groups in total. The molecule has 0 aliphatic carbocycles. The molecular formula is C17H15F2NO6S. The Morgan fingerprint density at radius 3 is 2.37 bits per heavy atom. The van der Waals surface area contributed by atoms with Crippen LogP contribution in [0.5, 0.6) is 5.75 Å². The third kappa shape index (κ3) is 5.23. The summed E-state index contributed by atoms with van der Waals surface area (Å²) < 4.78 is 57.4. The van der Waals surface area contributed by atoms with Crippen molar-refractivity contribution in [2.45, 2.75) is 10.7 Å². The highest BCUT2D eigenvalue weighted by molar-refractivity contribution is 7.91. The van der Waals surface area contributed by atoms with Crippen molar-refractivity contribution in [1.29, 1.82) is 0 Å². The number of halogens is 2. The van der Waals surface area contributed by atoms with Crippen molar-refractivity contribution in [3.8, 4) is 5.75 Å². The molecule has 0 atom stereocenters. The molecule has 1 amide bonds. The topological polar surface area (TPSA) is 98.8 Å². The zero-order chi connectivity index (χ0) is 20.0. The van der Waals surface area contributed by atoms with Gasteiger partial charge in [0.1, 0.15) is 5.75 Å². The minimum atomic E-state index is -4.71. The van der Waals surface area contributed by atoms with Gasteiger partial charge in [0.25, 0.3) is 5.91 Å². The Morgan fingerprint density at radius 2 is 1.78 bits per heavy atom. The van der Waals surface area contributed by atoms with Gasteiger partial charge in [-0.25, -0.2) is 13.2 Å². The van der Waals surface area contributed by atoms with Crippen molar-refractivity contribution in [2.75, 3.05) is 19.0 Å². The molecule has 0 saturated heterocycles. The van der Waals surface area contributed by atoms with E-state index in [2.05, 4.69) is 5.32 Å². The van der Waals surface area contributed by atoms with Crippen LogP contribution in [0, 0.1) is 0 Å². The SMILES string of the molecule is COc1cccc(C(=O)OCC(=O)Nc2ccc(S(=O)(=O)C(F)F)cc2)c1. The molecule has 2 aromatic carbocycles. The van der Waals surface area contributed by atoms with Crippen molar-refractivity contribution in [1.82, 2.24) is 0 Å². The zero-order valence-electron chi connectivity index (χ0n) is 14.0. The van der Waals surface area contributed by atoms with E-state index in [1.54, 1.807) is 12.1 Å². The molecule has 0 aliphatic rings. The monoisotopic (exact) mass is 399 g/mol. The van der Waals surface area contributed by atoms with Gasteiger partial charge in [0.2, 0.25) is 9.84 Å². The number of ether oxygens (including phenoxy) is 2. The van der Waals surface area contributed by atoms with E-state index in [4.69, 9.17) is 9.47 Å². The summed E-state index contributed by atoms with van der Waals surface area (Å²) in [6.07, 6.45) is 0. The van der Waals surface area contributed by atoms with Crippen molar-refractivity contribution in [3.05, 3.63) is 54.1 Å². The Hall–Kier alpha value is -3.01. The van der Waals surface area contributed by atoms with Gasteiger partial charge in [-0.15, -0.1) is 0 Å². The maximum atomic E-state index is 12.5. The molecule has 144 valence electrons. The highest BCUT2D eigenvalue weighted by Gasteiger charge is 2.26. The molecule has 27 heavy (non-hydrogen) atoms. The maximum Gasteiger partial charge on any atom is 0.341 e. The Kier molecular flexibility index (Phi) is 6.45. The van der Waals surface area contributed by atoms with Crippen LogP contribution >= 0.6 is 0 Å². The molecule has 0 bridgehead atoms. The van der Waals surface area contributed by atoms with Crippen LogP contribution in [0.4, 0.5) is 14.5 Å². The molecule has 0 heterocycles. The standard InChI is InChI=1S/C17H15F2NO6S/c1-25-13-4-2-3-11(9-13)16(22)26-10-15(21)20-12-5-7-14(8-6-12)27(23,24)17(18)19/h2-9,17H,10H2,1H3,(H,20,21). The van der Waals surface area contributed by atoms with Gasteiger partial charge in [-0.05, 0) is 42.5 Å². The van der Waals surface area contributed by atoms with Crippen LogP contribution in [-0.4, -0.2) is 39.8 Å². The summed E-state index contributed by atoms with van der Waals surface area (Å²) in [5.41, 5.74) is 0.356. The van der Waals surface area contributed by atoms with E-state index < -0.39 is 39.0 Å². The van der Waals surface area contributed by atoms with Crippen molar-refractivity contribution in [3.63, 3.8) is 0 Å². The number of carbonyl (C=O) groups is 2. The lowest BCUT2D eigenvalue weighted by atomic mass is 10.2. The molecule has 0 unspecified atom stereocenters. The lowest BCUT2D eigenvalue weighted by molar-refractivity contribution is -0.119. The maximum absolute atomic E-state index is 12.5. The van der Waals surface area contributed by atoms with Crippen molar-refractivity contribution >= 4 is 27.4 Å².